The molecule has 224 valence electrons. The van der Waals surface area contributed by atoms with Gasteiger partial charge in [0.2, 0.25) is 5.91 Å². The van der Waals surface area contributed by atoms with Crippen molar-refractivity contribution in [2.24, 2.45) is 4.99 Å². The van der Waals surface area contributed by atoms with E-state index < -0.39 is 51.2 Å². The number of aromatic nitrogens is 1. The van der Waals surface area contributed by atoms with E-state index in [1.165, 1.54) is 26.5 Å². The predicted octanol–water partition coefficient (Wildman–Crippen LogP) is 0.585. The fraction of sp³-hybridized carbons (Fsp3) is 0.520. The van der Waals surface area contributed by atoms with Crippen molar-refractivity contribution in [3.63, 3.8) is 0 Å². The summed E-state index contributed by atoms with van der Waals surface area (Å²) < 4.78 is 42.3. The monoisotopic (exact) mass is 612 g/mol. The average Bonchev–Trinajstić information content (AvgIpc) is 3.23. The van der Waals surface area contributed by atoms with Gasteiger partial charge in [-0.3, -0.25) is 14.4 Å². The molecule has 2 heterocycles. The first-order chi connectivity index (χ1) is 19.5. The summed E-state index contributed by atoms with van der Waals surface area (Å²) in [6.07, 6.45) is -0.502. The third-order valence-corrected chi connectivity index (χ3v) is 8.27. The molecule has 0 saturated carbocycles. The van der Waals surface area contributed by atoms with E-state index in [0.29, 0.717) is 10.2 Å². The minimum Gasteiger partial charge on any atom is -0.465 e. The molecule has 1 aromatic heterocycles. The Hall–Kier alpha value is -3.79. The second kappa shape index (κ2) is 14.2. The van der Waals surface area contributed by atoms with Gasteiger partial charge in [-0.2, -0.15) is 4.99 Å². The van der Waals surface area contributed by atoms with Gasteiger partial charge in [0.1, 0.15) is 18.1 Å². The van der Waals surface area contributed by atoms with E-state index in [9.17, 15) is 32.4 Å². The highest BCUT2D eigenvalue weighted by molar-refractivity contribution is 7.92. The number of hydrogen-bond donors (Lipinski definition) is 0. The molecule has 2 aromatic rings. The molecule has 1 aromatic carbocycles. The lowest BCUT2D eigenvalue weighted by molar-refractivity contribution is -0.143. The number of piperazine rings is 1. The van der Waals surface area contributed by atoms with Crippen molar-refractivity contribution in [2.45, 2.75) is 27.3 Å². The Morgan fingerprint density at radius 1 is 0.878 bits per heavy atom. The van der Waals surface area contributed by atoms with Gasteiger partial charge in [0.05, 0.1) is 35.6 Å². The smallest absolute Gasteiger partial charge is 0.409 e. The Balaban J connectivity index is 1.77. The van der Waals surface area contributed by atoms with Gasteiger partial charge in [-0.05, 0) is 39.0 Å². The van der Waals surface area contributed by atoms with Crippen LogP contribution in [0.5, 0.6) is 0 Å². The zero-order chi connectivity index (χ0) is 30.2. The number of carbonyl (C=O) groups is 5. The molecule has 16 heteroatoms. The SMILES string of the molecule is CCOC(=O)Cn1c(=NC(=O)CS(=O)(=O)CC(=O)N2CCN(C(=O)OCC)CC2)sc2cc(C(=O)OCC)ccc21. The maximum absolute atomic E-state index is 12.7. The number of nitrogens with zero attached hydrogens (tertiary/aromatic N) is 4. The summed E-state index contributed by atoms with van der Waals surface area (Å²) in [5.41, 5.74) is 0.730. The molecular weight excluding hydrogens is 580 g/mol. The molecule has 1 aliphatic rings. The zero-order valence-corrected chi connectivity index (χ0v) is 24.6. The van der Waals surface area contributed by atoms with E-state index >= 15 is 0 Å². The molecule has 0 bridgehead atoms. The molecule has 0 atom stereocenters. The Morgan fingerprint density at radius 3 is 2.15 bits per heavy atom. The highest BCUT2D eigenvalue weighted by Crippen LogP contribution is 2.20. The number of thiazole rings is 1. The van der Waals surface area contributed by atoms with Crippen LogP contribution in [0.3, 0.4) is 0 Å². The molecule has 1 saturated heterocycles. The van der Waals surface area contributed by atoms with Crippen LogP contribution in [0.25, 0.3) is 10.2 Å². The van der Waals surface area contributed by atoms with Crippen molar-refractivity contribution in [3.8, 4) is 0 Å². The quantitative estimate of drug-likeness (QED) is 0.273. The number of hydrogen-bond acceptors (Lipinski definition) is 11. The second-order valence-corrected chi connectivity index (χ2v) is 11.9. The van der Waals surface area contributed by atoms with E-state index in [1.807, 2.05) is 0 Å². The van der Waals surface area contributed by atoms with Crippen LogP contribution >= 0.6 is 11.3 Å². The van der Waals surface area contributed by atoms with Crippen LogP contribution in [-0.4, -0.2) is 110 Å². The number of rotatable bonds is 10. The van der Waals surface area contributed by atoms with Crippen molar-refractivity contribution >= 4 is 61.2 Å². The molecule has 0 spiro atoms. The molecular formula is C25H32N4O10S2. The summed E-state index contributed by atoms with van der Waals surface area (Å²) in [7, 11) is -4.18. The summed E-state index contributed by atoms with van der Waals surface area (Å²) in [4.78, 5) is 68.3. The number of sulfone groups is 1. The number of fused-ring (bicyclic) bond motifs is 1. The van der Waals surface area contributed by atoms with Gasteiger partial charge in [0, 0.05) is 26.2 Å². The Bertz CT molecular complexity index is 1490. The summed E-state index contributed by atoms with van der Waals surface area (Å²) in [6.45, 7) is 5.88. The Morgan fingerprint density at radius 2 is 1.51 bits per heavy atom. The molecule has 1 fully saturated rings. The lowest BCUT2D eigenvalue weighted by Gasteiger charge is -2.34. The van der Waals surface area contributed by atoms with Gasteiger partial charge < -0.3 is 28.6 Å². The molecule has 3 amide bonds. The van der Waals surface area contributed by atoms with Crippen LogP contribution in [0.15, 0.2) is 23.2 Å². The minimum atomic E-state index is -4.18. The summed E-state index contributed by atoms with van der Waals surface area (Å²) in [6, 6.07) is 4.60. The maximum atomic E-state index is 12.7. The van der Waals surface area contributed by atoms with Gasteiger partial charge in [-0.15, -0.1) is 0 Å². The van der Waals surface area contributed by atoms with Gasteiger partial charge in [0.15, 0.2) is 14.6 Å². The highest BCUT2D eigenvalue weighted by Gasteiger charge is 2.29. The lowest BCUT2D eigenvalue weighted by atomic mass is 10.2. The molecule has 14 nitrogen and oxygen atoms in total. The van der Waals surface area contributed by atoms with E-state index in [-0.39, 0.29) is 62.9 Å². The van der Waals surface area contributed by atoms with Gasteiger partial charge >= 0.3 is 18.0 Å². The highest BCUT2D eigenvalue weighted by atomic mass is 32.2. The second-order valence-electron chi connectivity index (χ2n) is 8.78. The molecule has 0 unspecified atom stereocenters. The van der Waals surface area contributed by atoms with Crippen molar-refractivity contribution in [3.05, 3.63) is 28.6 Å². The van der Waals surface area contributed by atoms with Crippen molar-refractivity contribution in [1.29, 1.82) is 0 Å². The van der Waals surface area contributed by atoms with Crippen LogP contribution in [-0.2, 0) is 45.0 Å². The van der Waals surface area contributed by atoms with E-state index in [4.69, 9.17) is 14.2 Å². The Kier molecular flexibility index (Phi) is 11.0. The molecule has 3 rings (SSSR count). The first kappa shape index (κ1) is 31.7. The lowest BCUT2D eigenvalue weighted by Crippen LogP contribution is -2.52. The van der Waals surface area contributed by atoms with Crippen LogP contribution in [0.4, 0.5) is 4.79 Å². The third-order valence-electron chi connectivity index (χ3n) is 5.85. The van der Waals surface area contributed by atoms with E-state index in [0.717, 1.165) is 11.3 Å². The van der Waals surface area contributed by atoms with Crippen LogP contribution < -0.4 is 4.80 Å². The number of esters is 2. The first-order valence-electron chi connectivity index (χ1n) is 12.9. The van der Waals surface area contributed by atoms with E-state index in [1.54, 1.807) is 26.8 Å². The molecule has 0 radical (unpaired) electrons. The average molecular weight is 613 g/mol. The molecule has 1 aliphatic heterocycles. The van der Waals surface area contributed by atoms with Gasteiger partial charge in [0.25, 0.3) is 5.91 Å². The normalized spacial score (nSPS) is 14.2. The molecule has 41 heavy (non-hydrogen) atoms. The summed E-state index contributed by atoms with van der Waals surface area (Å²) in [5, 5.41) is 0. The first-order valence-corrected chi connectivity index (χ1v) is 15.5. The largest absolute Gasteiger partial charge is 0.465 e. The topological polar surface area (TPSA) is 171 Å². The fourth-order valence-electron chi connectivity index (χ4n) is 4.00. The number of amides is 3. The minimum absolute atomic E-state index is 0.0238. The van der Waals surface area contributed by atoms with Crippen molar-refractivity contribution in [2.75, 3.05) is 57.5 Å². The van der Waals surface area contributed by atoms with Crippen LogP contribution in [0, 0.1) is 0 Å². The van der Waals surface area contributed by atoms with Crippen molar-refractivity contribution < 1.29 is 46.6 Å². The van der Waals surface area contributed by atoms with Crippen molar-refractivity contribution in [1.82, 2.24) is 14.4 Å². The zero-order valence-electron chi connectivity index (χ0n) is 23.0. The molecule has 0 aliphatic carbocycles. The summed E-state index contributed by atoms with van der Waals surface area (Å²) >= 11 is 0.978. The summed E-state index contributed by atoms with van der Waals surface area (Å²) in [5.74, 6) is -4.79. The Labute approximate surface area is 240 Å². The molecule has 0 N–H and O–H groups in total. The third kappa shape index (κ3) is 8.60. The van der Waals surface area contributed by atoms with E-state index in [2.05, 4.69) is 4.99 Å². The van der Waals surface area contributed by atoms with Gasteiger partial charge in [-0.25, -0.2) is 18.0 Å². The number of ether oxygens (including phenoxy) is 3. The fourth-order valence-corrected chi connectivity index (χ4v) is 6.19. The van der Waals surface area contributed by atoms with Crippen LogP contribution in [0.2, 0.25) is 0 Å². The standard InChI is InChI=1S/C25H32N4O10S2/c1-4-37-22(32)14-29-18-8-7-17(23(33)38-5-2)13-19(18)40-24(29)26-20(30)15-41(35,36)16-21(31)27-9-11-28(12-10-27)25(34)39-6-3/h7-8,13H,4-6,9-12,14-16H2,1-3H3. The number of benzene rings is 1. The number of carbonyl (C=O) groups excluding carboxylic acids is 5. The predicted molar refractivity (Wildman–Crippen MR) is 147 cm³/mol. The van der Waals surface area contributed by atoms with Crippen LogP contribution in [0.1, 0.15) is 31.1 Å². The van der Waals surface area contributed by atoms with Gasteiger partial charge in [-0.1, -0.05) is 11.3 Å². The maximum Gasteiger partial charge on any atom is 0.409 e.